The molecule has 0 heterocycles. The molecule has 6 nitrogen and oxygen atoms in total. The lowest BCUT2D eigenvalue weighted by atomic mass is 9.98. The van der Waals surface area contributed by atoms with E-state index in [0.29, 0.717) is 25.2 Å². The number of nitrogens with one attached hydrogen (secondary N) is 2. The Hall–Kier alpha value is -0.820. The van der Waals surface area contributed by atoms with Crippen LogP contribution in [0.4, 0.5) is 0 Å². The van der Waals surface area contributed by atoms with Gasteiger partial charge in [-0.3, -0.25) is 4.99 Å². The summed E-state index contributed by atoms with van der Waals surface area (Å²) in [5.41, 5.74) is 0. The first-order chi connectivity index (χ1) is 11.1. The van der Waals surface area contributed by atoms with Crippen LogP contribution in [0, 0.1) is 0 Å². The number of sulfone groups is 1. The zero-order valence-electron chi connectivity index (χ0n) is 14.6. The number of hydrogen-bond acceptors (Lipinski definition) is 4. The molecule has 0 saturated heterocycles. The fourth-order valence-corrected chi connectivity index (χ4v) is 3.25. The maximum absolute atomic E-state index is 11.5. The van der Waals surface area contributed by atoms with Crippen molar-refractivity contribution in [2.24, 2.45) is 4.99 Å². The summed E-state index contributed by atoms with van der Waals surface area (Å²) in [7, 11) is -2.94. The molecular weight excluding hydrogens is 314 g/mol. The fourth-order valence-electron chi connectivity index (χ4n) is 2.55. The highest BCUT2D eigenvalue weighted by Crippen LogP contribution is 2.20. The van der Waals surface area contributed by atoms with Gasteiger partial charge in [-0.05, 0) is 26.2 Å². The third-order valence-electron chi connectivity index (χ3n) is 3.97. The van der Waals surface area contributed by atoms with Crippen LogP contribution in [0.15, 0.2) is 4.99 Å². The van der Waals surface area contributed by atoms with Crippen LogP contribution in [0.5, 0.6) is 0 Å². The number of guanidine groups is 1. The van der Waals surface area contributed by atoms with Crippen molar-refractivity contribution in [2.75, 3.05) is 37.7 Å². The zero-order chi connectivity index (χ0) is 17.0. The van der Waals surface area contributed by atoms with Crippen LogP contribution < -0.4 is 10.6 Å². The third kappa shape index (κ3) is 9.81. The molecule has 0 spiro atoms. The van der Waals surface area contributed by atoms with Gasteiger partial charge in [-0.1, -0.05) is 26.2 Å². The Balaban J connectivity index is 2.20. The first-order valence-electron chi connectivity index (χ1n) is 8.91. The molecule has 0 radical (unpaired) electrons. The second-order valence-electron chi connectivity index (χ2n) is 5.91. The van der Waals surface area contributed by atoms with Crippen molar-refractivity contribution in [3.63, 3.8) is 0 Å². The Bertz CT molecular complexity index is 432. The quantitative estimate of drug-likeness (QED) is 0.357. The van der Waals surface area contributed by atoms with Crippen molar-refractivity contribution in [1.29, 1.82) is 0 Å². The molecule has 1 aliphatic rings. The topological polar surface area (TPSA) is 79.8 Å². The minimum Gasteiger partial charge on any atom is -0.378 e. The van der Waals surface area contributed by atoms with Crippen molar-refractivity contribution in [1.82, 2.24) is 10.6 Å². The van der Waals surface area contributed by atoms with Crippen LogP contribution in [-0.2, 0) is 14.6 Å². The number of rotatable bonds is 10. The molecule has 1 fully saturated rings. The van der Waals surface area contributed by atoms with E-state index in [2.05, 4.69) is 15.6 Å². The van der Waals surface area contributed by atoms with E-state index in [9.17, 15) is 8.42 Å². The van der Waals surface area contributed by atoms with Gasteiger partial charge in [0.25, 0.3) is 0 Å². The summed E-state index contributed by atoms with van der Waals surface area (Å²) in [4.78, 5) is 4.46. The summed E-state index contributed by atoms with van der Waals surface area (Å²) < 4.78 is 28.8. The smallest absolute Gasteiger partial charge is 0.191 e. The summed E-state index contributed by atoms with van der Waals surface area (Å²) >= 11 is 0. The van der Waals surface area contributed by atoms with E-state index in [1.54, 1.807) is 6.92 Å². The van der Waals surface area contributed by atoms with E-state index in [1.165, 1.54) is 32.1 Å². The molecule has 0 aromatic rings. The van der Waals surface area contributed by atoms with Gasteiger partial charge in [-0.15, -0.1) is 0 Å². The zero-order valence-corrected chi connectivity index (χ0v) is 15.5. The fraction of sp³-hybridized carbons (Fsp3) is 0.938. The average molecular weight is 348 g/mol. The molecule has 0 atom stereocenters. The molecule has 2 N–H and O–H groups in total. The Kier molecular flexibility index (Phi) is 10.3. The second-order valence-corrected chi connectivity index (χ2v) is 8.38. The minimum atomic E-state index is -2.94. The van der Waals surface area contributed by atoms with Crippen LogP contribution in [0.3, 0.4) is 0 Å². The Morgan fingerprint density at radius 3 is 2.57 bits per heavy atom. The Morgan fingerprint density at radius 2 is 1.91 bits per heavy atom. The highest BCUT2D eigenvalue weighted by atomic mass is 32.2. The molecule has 136 valence electrons. The monoisotopic (exact) mass is 347 g/mol. The van der Waals surface area contributed by atoms with E-state index in [1.807, 2.05) is 6.92 Å². The van der Waals surface area contributed by atoms with Crippen LogP contribution >= 0.6 is 0 Å². The number of ether oxygens (including phenoxy) is 1. The predicted molar refractivity (Wildman–Crippen MR) is 95.8 cm³/mol. The lowest BCUT2D eigenvalue weighted by Crippen LogP contribution is -2.39. The molecule has 23 heavy (non-hydrogen) atoms. The number of aliphatic imine (C=N–C) groups is 1. The van der Waals surface area contributed by atoms with Crippen LogP contribution in [-0.4, -0.2) is 58.2 Å². The van der Waals surface area contributed by atoms with E-state index in [0.717, 1.165) is 19.6 Å². The molecule has 0 bridgehead atoms. The van der Waals surface area contributed by atoms with E-state index < -0.39 is 9.84 Å². The third-order valence-corrected chi connectivity index (χ3v) is 5.67. The van der Waals surface area contributed by atoms with E-state index in [-0.39, 0.29) is 11.5 Å². The van der Waals surface area contributed by atoms with Gasteiger partial charge in [0, 0.05) is 32.0 Å². The summed E-state index contributed by atoms with van der Waals surface area (Å²) in [6.45, 7) is 6.24. The molecule has 0 aromatic carbocycles. The van der Waals surface area contributed by atoms with Gasteiger partial charge in [0.15, 0.2) is 15.8 Å². The van der Waals surface area contributed by atoms with Gasteiger partial charge >= 0.3 is 0 Å². The molecular formula is C16H33N3O3S. The highest BCUT2D eigenvalue weighted by Gasteiger charge is 2.13. The normalized spacial score (nSPS) is 17.2. The average Bonchev–Trinajstić information content (AvgIpc) is 2.55. The maximum atomic E-state index is 11.5. The van der Waals surface area contributed by atoms with Crippen molar-refractivity contribution in [2.45, 2.75) is 58.5 Å². The predicted octanol–water partition coefficient (Wildman–Crippen LogP) is 1.72. The molecule has 0 aromatic heterocycles. The summed E-state index contributed by atoms with van der Waals surface area (Å²) in [5, 5.41) is 6.20. The standard InChI is InChI=1S/C16H33N3O3S/c1-3-17-16(19-12-14-23(20,21)4-2)18-11-8-13-22-15-9-6-5-7-10-15/h15H,3-14H2,1-2H3,(H2,17,18,19). The molecule has 1 saturated carbocycles. The van der Waals surface area contributed by atoms with Crippen LogP contribution in [0.25, 0.3) is 0 Å². The van der Waals surface area contributed by atoms with Gasteiger partial charge in [0.05, 0.1) is 11.9 Å². The minimum absolute atomic E-state index is 0.138. The molecule has 7 heteroatoms. The van der Waals surface area contributed by atoms with Crippen LogP contribution in [0.2, 0.25) is 0 Å². The van der Waals surface area contributed by atoms with Crippen molar-refractivity contribution in [3.8, 4) is 0 Å². The largest absolute Gasteiger partial charge is 0.378 e. The lowest BCUT2D eigenvalue weighted by Gasteiger charge is -2.21. The Labute approximate surface area is 141 Å². The highest BCUT2D eigenvalue weighted by molar-refractivity contribution is 7.91. The SMILES string of the molecule is CCNC(=NCCCOC1CCCCC1)NCCS(=O)(=O)CC. The molecule has 0 aliphatic heterocycles. The van der Waals surface area contributed by atoms with Gasteiger partial charge in [-0.25, -0.2) is 8.42 Å². The first-order valence-corrected chi connectivity index (χ1v) is 10.7. The van der Waals surface area contributed by atoms with Gasteiger partial charge in [-0.2, -0.15) is 0 Å². The molecule has 0 amide bonds. The van der Waals surface area contributed by atoms with Crippen molar-refractivity contribution >= 4 is 15.8 Å². The van der Waals surface area contributed by atoms with Gasteiger partial charge < -0.3 is 15.4 Å². The first kappa shape index (κ1) is 20.2. The summed E-state index contributed by atoms with van der Waals surface area (Å²) in [6.07, 6.45) is 7.64. The second kappa shape index (κ2) is 11.7. The summed E-state index contributed by atoms with van der Waals surface area (Å²) in [5.74, 6) is 0.996. The van der Waals surface area contributed by atoms with Crippen molar-refractivity contribution in [3.05, 3.63) is 0 Å². The van der Waals surface area contributed by atoms with Gasteiger partial charge in [0.2, 0.25) is 0 Å². The van der Waals surface area contributed by atoms with Crippen molar-refractivity contribution < 1.29 is 13.2 Å². The number of nitrogens with zero attached hydrogens (tertiary/aromatic N) is 1. The van der Waals surface area contributed by atoms with Gasteiger partial charge in [0.1, 0.15) is 0 Å². The molecule has 0 unspecified atom stereocenters. The lowest BCUT2D eigenvalue weighted by molar-refractivity contribution is 0.0281. The molecule has 1 rings (SSSR count). The summed E-state index contributed by atoms with van der Waals surface area (Å²) in [6, 6.07) is 0. The maximum Gasteiger partial charge on any atom is 0.191 e. The van der Waals surface area contributed by atoms with E-state index >= 15 is 0 Å². The van der Waals surface area contributed by atoms with E-state index in [4.69, 9.17) is 4.74 Å². The van der Waals surface area contributed by atoms with Crippen LogP contribution in [0.1, 0.15) is 52.4 Å². The molecule has 1 aliphatic carbocycles. The Morgan fingerprint density at radius 1 is 1.17 bits per heavy atom. The number of hydrogen-bond donors (Lipinski definition) is 2.